The fourth-order valence-electron chi connectivity index (χ4n) is 4.81. The van der Waals surface area contributed by atoms with Gasteiger partial charge in [0.15, 0.2) is 0 Å². The van der Waals surface area contributed by atoms with Crippen molar-refractivity contribution in [3.8, 4) is 0 Å². The summed E-state index contributed by atoms with van der Waals surface area (Å²) in [7, 11) is 2.33. The lowest BCUT2D eigenvalue weighted by molar-refractivity contribution is 0.210. The predicted molar refractivity (Wildman–Crippen MR) is 110 cm³/mol. The van der Waals surface area contributed by atoms with Crippen LogP contribution in [0.5, 0.6) is 0 Å². The van der Waals surface area contributed by atoms with Gasteiger partial charge in [0.25, 0.3) is 0 Å². The SMILES string of the molecule is CN1C2CCC1CC(=C1c3ccccc3CSc3ccccc31)C2.Cl. The van der Waals surface area contributed by atoms with Gasteiger partial charge in [0.05, 0.1) is 0 Å². The van der Waals surface area contributed by atoms with Crippen LogP contribution in [0.15, 0.2) is 59.0 Å². The van der Waals surface area contributed by atoms with Crippen molar-refractivity contribution < 1.29 is 0 Å². The number of hydrogen-bond donors (Lipinski definition) is 0. The minimum absolute atomic E-state index is 0. The Labute approximate surface area is 160 Å². The summed E-state index contributed by atoms with van der Waals surface area (Å²) in [6.07, 6.45) is 5.23. The van der Waals surface area contributed by atoms with E-state index in [2.05, 4.69) is 60.5 Å². The number of halogens is 1. The third-order valence-electron chi connectivity index (χ3n) is 6.13. The summed E-state index contributed by atoms with van der Waals surface area (Å²) in [6.45, 7) is 0. The van der Waals surface area contributed by atoms with Crippen LogP contribution in [0.3, 0.4) is 0 Å². The van der Waals surface area contributed by atoms with Crippen molar-refractivity contribution in [3.63, 3.8) is 0 Å². The molecule has 1 nitrogen and oxygen atoms in total. The molecule has 0 spiro atoms. The monoisotopic (exact) mass is 369 g/mol. The highest BCUT2D eigenvalue weighted by molar-refractivity contribution is 7.98. The van der Waals surface area contributed by atoms with Crippen molar-refractivity contribution >= 4 is 29.7 Å². The van der Waals surface area contributed by atoms with Gasteiger partial charge in [0.2, 0.25) is 0 Å². The summed E-state index contributed by atoms with van der Waals surface area (Å²) in [5, 5.41) is 0. The molecule has 25 heavy (non-hydrogen) atoms. The second-order valence-electron chi connectivity index (χ2n) is 7.38. The maximum Gasteiger partial charge on any atom is 0.0238 e. The molecule has 2 fully saturated rings. The average molecular weight is 370 g/mol. The molecule has 2 aromatic rings. The van der Waals surface area contributed by atoms with Crippen LogP contribution in [-0.2, 0) is 5.75 Å². The average Bonchev–Trinajstić information content (AvgIpc) is 2.81. The zero-order valence-corrected chi connectivity index (χ0v) is 16.2. The van der Waals surface area contributed by atoms with Crippen LogP contribution in [0.2, 0.25) is 0 Å². The minimum Gasteiger partial charge on any atom is -0.300 e. The smallest absolute Gasteiger partial charge is 0.0238 e. The topological polar surface area (TPSA) is 3.24 Å². The molecule has 0 N–H and O–H groups in total. The Morgan fingerprint density at radius 1 is 0.880 bits per heavy atom. The highest BCUT2D eigenvalue weighted by Gasteiger charge is 2.37. The number of hydrogen-bond acceptors (Lipinski definition) is 2. The first kappa shape index (κ1) is 17.2. The standard InChI is InChI=1S/C22H23NS.ClH/c1-23-17-10-11-18(23)13-16(12-17)22-19-7-3-2-6-15(19)14-24-21-9-5-4-8-20(21)22;/h2-9,17-18H,10-14H2,1H3;1H. The van der Waals surface area contributed by atoms with Gasteiger partial charge in [-0.15, -0.1) is 24.2 Å². The van der Waals surface area contributed by atoms with Crippen molar-refractivity contribution in [2.24, 2.45) is 0 Å². The molecule has 0 saturated carbocycles. The first-order valence-electron chi connectivity index (χ1n) is 9.05. The van der Waals surface area contributed by atoms with E-state index in [1.54, 1.807) is 11.1 Å². The second-order valence-corrected chi connectivity index (χ2v) is 8.40. The zero-order valence-electron chi connectivity index (χ0n) is 14.6. The van der Waals surface area contributed by atoms with Gasteiger partial charge in [-0.05, 0) is 61.1 Å². The lowest BCUT2D eigenvalue weighted by atomic mass is 9.84. The molecule has 130 valence electrons. The quantitative estimate of drug-likeness (QED) is 0.579. The lowest BCUT2D eigenvalue weighted by Gasteiger charge is -2.34. The van der Waals surface area contributed by atoms with Crippen LogP contribution >= 0.6 is 24.2 Å². The highest BCUT2D eigenvalue weighted by Crippen LogP contribution is 2.46. The maximum absolute atomic E-state index is 2.63. The van der Waals surface area contributed by atoms with E-state index in [0.717, 1.165) is 17.8 Å². The first-order chi connectivity index (χ1) is 11.8. The van der Waals surface area contributed by atoms with E-state index < -0.39 is 0 Å². The summed E-state index contributed by atoms with van der Waals surface area (Å²) in [5.74, 6) is 1.08. The number of benzene rings is 2. The van der Waals surface area contributed by atoms with Gasteiger partial charge in [-0.2, -0.15) is 0 Å². The number of fused-ring (bicyclic) bond motifs is 4. The Morgan fingerprint density at radius 3 is 2.28 bits per heavy atom. The second kappa shape index (κ2) is 6.83. The lowest BCUT2D eigenvalue weighted by Crippen LogP contribution is -2.37. The van der Waals surface area contributed by atoms with Crippen molar-refractivity contribution in [1.82, 2.24) is 4.90 Å². The molecular formula is C22H24ClNS. The molecule has 3 aliphatic heterocycles. The molecule has 5 rings (SSSR count). The molecule has 2 unspecified atom stereocenters. The first-order valence-corrected chi connectivity index (χ1v) is 10.0. The fraction of sp³-hybridized carbons (Fsp3) is 0.364. The minimum atomic E-state index is 0. The van der Waals surface area contributed by atoms with E-state index in [1.165, 1.54) is 47.3 Å². The Balaban J connectivity index is 0.00000157. The molecule has 2 bridgehead atoms. The molecule has 0 aliphatic carbocycles. The summed E-state index contributed by atoms with van der Waals surface area (Å²) >= 11 is 1.99. The van der Waals surface area contributed by atoms with Crippen LogP contribution in [0, 0.1) is 0 Å². The Morgan fingerprint density at radius 2 is 1.52 bits per heavy atom. The predicted octanol–water partition coefficient (Wildman–Crippen LogP) is 5.77. The maximum atomic E-state index is 2.63. The van der Waals surface area contributed by atoms with Crippen molar-refractivity contribution in [2.75, 3.05) is 7.05 Å². The van der Waals surface area contributed by atoms with Gasteiger partial charge >= 0.3 is 0 Å². The van der Waals surface area contributed by atoms with E-state index in [1.807, 2.05) is 11.8 Å². The van der Waals surface area contributed by atoms with Gasteiger partial charge in [-0.25, -0.2) is 0 Å². The van der Waals surface area contributed by atoms with Crippen molar-refractivity contribution in [1.29, 1.82) is 0 Å². The molecule has 3 heterocycles. The third kappa shape index (κ3) is 2.85. The van der Waals surface area contributed by atoms with Gasteiger partial charge < -0.3 is 0 Å². The van der Waals surface area contributed by atoms with Crippen LogP contribution in [0.25, 0.3) is 5.57 Å². The number of thioether (sulfide) groups is 1. The number of rotatable bonds is 0. The molecule has 3 aliphatic rings. The highest BCUT2D eigenvalue weighted by atomic mass is 35.5. The molecule has 2 atom stereocenters. The van der Waals surface area contributed by atoms with E-state index in [-0.39, 0.29) is 12.4 Å². The zero-order chi connectivity index (χ0) is 16.1. The van der Waals surface area contributed by atoms with Crippen LogP contribution < -0.4 is 0 Å². The number of piperidine rings is 1. The molecule has 0 aromatic heterocycles. The van der Waals surface area contributed by atoms with E-state index >= 15 is 0 Å². The van der Waals surface area contributed by atoms with Crippen LogP contribution in [0.4, 0.5) is 0 Å². The number of nitrogens with zero attached hydrogens (tertiary/aromatic N) is 1. The van der Waals surface area contributed by atoms with Crippen LogP contribution in [0.1, 0.15) is 42.4 Å². The largest absolute Gasteiger partial charge is 0.300 e. The molecule has 2 saturated heterocycles. The molecular weight excluding hydrogens is 346 g/mol. The van der Waals surface area contributed by atoms with Gasteiger partial charge in [-0.1, -0.05) is 48.0 Å². The van der Waals surface area contributed by atoms with Gasteiger partial charge in [0, 0.05) is 22.7 Å². The summed E-state index contributed by atoms with van der Waals surface area (Å²) in [6, 6.07) is 19.6. The van der Waals surface area contributed by atoms with Crippen molar-refractivity contribution in [3.05, 3.63) is 70.8 Å². The van der Waals surface area contributed by atoms with Crippen molar-refractivity contribution in [2.45, 2.75) is 48.4 Å². The summed E-state index contributed by atoms with van der Waals surface area (Å²) in [5.41, 5.74) is 7.69. The summed E-state index contributed by atoms with van der Waals surface area (Å²) < 4.78 is 0. The van der Waals surface area contributed by atoms with E-state index in [9.17, 15) is 0 Å². The Bertz CT molecular complexity index is 763. The molecule has 0 radical (unpaired) electrons. The normalized spacial score (nSPS) is 25.0. The summed E-state index contributed by atoms with van der Waals surface area (Å²) in [4.78, 5) is 4.08. The molecule has 3 heteroatoms. The molecule has 0 amide bonds. The van der Waals surface area contributed by atoms with E-state index in [4.69, 9.17) is 0 Å². The van der Waals surface area contributed by atoms with Gasteiger partial charge in [-0.3, -0.25) is 4.90 Å². The van der Waals surface area contributed by atoms with Crippen LogP contribution in [-0.4, -0.2) is 24.0 Å². The fourth-order valence-corrected chi connectivity index (χ4v) is 5.87. The third-order valence-corrected chi connectivity index (χ3v) is 7.25. The molecule has 2 aromatic carbocycles. The van der Waals surface area contributed by atoms with Gasteiger partial charge in [0.1, 0.15) is 0 Å². The van der Waals surface area contributed by atoms with E-state index in [0.29, 0.717) is 0 Å². The Kier molecular flexibility index (Phi) is 4.70. The Hall–Kier alpha value is -1.22.